The molecule has 4 rings (SSSR count). The zero-order chi connectivity index (χ0) is 21.6. The van der Waals surface area contributed by atoms with E-state index in [1.807, 2.05) is 48.5 Å². The lowest BCUT2D eigenvalue weighted by Crippen LogP contribution is -2.38. The molecule has 6 nitrogen and oxygen atoms in total. The van der Waals surface area contributed by atoms with Gasteiger partial charge in [-0.2, -0.15) is 0 Å². The Hall–Kier alpha value is -3.41. The minimum absolute atomic E-state index is 0.0166. The van der Waals surface area contributed by atoms with Crippen LogP contribution in [-0.2, 0) is 11.2 Å². The van der Waals surface area contributed by atoms with Gasteiger partial charge in [0.1, 0.15) is 5.75 Å². The molecule has 0 radical (unpaired) electrons. The quantitative estimate of drug-likeness (QED) is 0.638. The highest BCUT2D eigenvalue weighted by atomic mass is 16.5. The molecule has 1 aliphatic rings. The van der Waals surface area contributed by atoms with Crippen molar-refractivity contribution >= 4 is 17.4 Å². The van der Waals surface area contributed by atoms with Gasteiger partial charge in [0.2, 0.25) is 5.91 Å². The minimum atomic E-state index is 0.0166. The van der Waals surface area contributed by atoms with Crippen LogP contribution in [-0.4, -0.2) is 36.3 Å². The Morgan fingerprint density at radius 1 is 1.03 bits per heavy atom. The van der Waals surface area contributed by atoms with Gasteiger partial charge in [-0.25, -0.2) is 0 Å². The van der Waals surface area contributed by atoms with Crippen LogP contribution in [0.25, 0.3) is 11.3 Å². The number of nitrogens with zero attached hydrogens (tertiary/aromatic N) is 3. The van der Waals surface area contributed by atoms with E-state index in [0.717, 1.165) is 60.9 Å². The number of anilines is 2. The Morgan fingerprint density at radius 2 is 1.77 bits per heavy atom. The van der Waals surface area contributed by atoms with Gasteiger partial charge in [-0.05, 0) is 61.2 Å². The van der Waals surface area contributed by atoms with Crippen LogP contribution in [0.15, 0.2) is 60.7 Å². The zero-order valence-corrected chi connectivity index (χ0v) is 18.0. The molecule has 0 aliphatic carbocycles. The molecule has 1 amide bonds. The van der Waals surface area contributed by atoms with E-state index in [2.05, 4.69) is 39.5 Å². The molecule has 0 bridgehead atoms. The zero-order valence-electron chi connectivity index (χ0n) is 18.0. The SMILES string of the molecule is CCc1ccc(NC(=O)C2CCN(c3ccc(-c4ccccc4OC)nn3)CC2)cc1. The molecule has 1 aliphatic heterocycles. The molecule has 1 N–H and O–H groups in total. The maximum Gasteiger partial charge on any atom is 0.227 e. The number of hydrogen-bond acceptors (Lipinski definition) is 5. The fourth-order valence-electron chi connectivity index (χ4n) is 3.93. The molecule has 0 saturated carbocycles. The van der Waals surface area contributed by atoms with Gasteiger partial charge in [0.05, 0.1) is 12.8 Å². The van der Waals surface area contributed by atoms with E-state index in [9.17, 15) is 4.79 Å². The summed E-state index contributed by atoms with van der Waals surface area (Å²) in [4.78, 5) is 14.9. The Kier molecular flexibility index (Phi) is 6.46. The summed E-state index contributed by atoms with van der Waals surface area (Å²) in [6, 6.07) is 19.8. The van der Waals surface area contributed by atoms with Crippen LogP contribution in [0, 0.1) is 5.92 Å². The third-order valence-electron chi connectivity index (χ3n) is 5.85. The third kappa shape index (κ3) is 4.85. The first-order valence-electron chi connectivity index (χ1n) is 10.8. The number of aryl methyl sites for hydroxylation is 1. The highest BCUT2D eigenvalue weighted by Gasteiger charge is 2.26. The van der Waals surface area contributed by atoms with Crippen LogP contribution in [0.1, 0.15) is 25.3 Å². The number of para-hydroxylation sites is 1. The fourth-order valence-corrected chi connectivity index (χ4v) is 3.93. The van der Waals surface area contributed by atoms with Crippen LogP contribution in [0.5, 0.6) is 5.75 Å². The van der Waals surface area contributed by atoms with E-state index in [1.54, 1.807) is 7.11 Å². The van der Waals surface area contributed by atoms with Gasteiger partial charge < -0.3 is 15.0 Å². The Balaban J connectivity index is 1.34. The predicted molar refractivity (Wildman–Crippen MR) is 123 cm³/mol. The van der Waals surface area contributed by atoms with E-state index in [-0.39, 0.29) is 11.8 Å². The van der Waals surface area contributed by atoms with Crippen LogP contribution in [0.2, 0.25) is 0 Å². The number of carbonyl (C=O) groups excluding carboxylic acids is 1. The van der Waals surface area contributed by atoms with Gasteiger partial charge in [0, 0.05) is 30.3 Å². The molecule has 0 unspecified atom stereocenters. The number of rotatable bonds is 6. The van der Waals surface area contributed by atoms with Crippen molar-refractivity contribution in [2.24, 2.45) is 5.92 Å². The van der Waals surface area contributed by atoms with E-state index < -0.39 is 0 Å². The molecule has 1 fully saturated rings. The minimum Gasteiger partial charge on any atom is -0.496 e. The smallest absolute Gasteiger partial charge is 0.227 e. The number of ether oxygens (including phenoxy) is 1. The van der Waals surface area contributed by atoms with Crippen molar-refractivity contribution in [2.45, 2.75) is 26.2 Å². The number of amides is 1. The van der Waals surface area contributed by atoms with Crippen LogP contribution in [0.3, 0.4) is 0 Å². The summed E-state index contributed by atoms with van der Waals surface area (Å²) in [7, 11) is 1.65. The van der Waals surface area contributed by atoms with E-state index >= 15 is 0 Å². The Labute approximate surface area is 183 Å². The molecule has 160 valence electrons. The Morgan fingerprint density at radius 3 is 2.42 bits per heavy atom. The maximum absolute atomic E-state index is 12.7. The highest BCUT2D eigenvalue weighted by molar-refractivity contribution is 5.92. The maximum atomic E-state index is 12.7. The summed E-state index contributed by atoms with van der Waals surface area (Å²) >= 11 is 0. The van der Waals surface area contributed by atoms with Crippen molar-refractivity contribution in [3.8, 4) is 17.0 Å². The number of aromatic nitrogens is 2. The van der Waals surface area contributed by atoms with Gasteiger partial charge in [-0.1, -0.05) is 31.2 Å². The largest absolute Gasteiger partial charge is 0.496 e. The monoisotopic (exact) mass is 416 g/mol. The first-order chi connectivity index (χ1) is 15.2. The van der Waals surface area contributed by atoms with Crippen LogP contribution in [0.4, 0.5) is 11.5 Å². The number of benzene rings is 2. The highest BCUT2D eigenvalue weighted by Crippen LogP contribution is 2.29. The van der Waals surface area contributed by atoms with Crippen LogP contribution >= 0.6 is 0 Å². The summed E-state index contributed by atoms with van der Waals surface area (Å²) in [5, 5.41) is 11.9. The molecule has 1 saturated heterocycles. The van der Waals surface area contributed by atoms with Crippen LogP contribution < -0.4 is 15.0 Å². The molecule has 2 heterocycles. The van der Waals surface area contributed by atoms with Crippen molar-refractivity contribution in [2.75, 3.05) is 30.4 Å². The summed E-state index contributed by atoms with van der Waals surface area (Å²) in [6.45, 7) is 3.70. The van der Waals surface area contributed by atoms with E-state index in [1.165, 1.54) is 5.56 Å². The predicted octanol–water partition coefficient (Wildman–Crippen LogP) is 4.57. The van der Waals surface area contributed by atoms with E-state index in [0.29, 0.717) is 0 Å². The lowest BCUT2D eigenvalue weighted by atomic mass is 9.95. The molecule has 0 atom stereocenters. The molecule has 6 heteroatoms. The molecule has 1 aromatic heterocycles. The number of piperidine rings is 1. The van der Waals surface area contributed by atoms with Crippen molar-refractivity contribution < 1.29 is 9.53 Å². The number of nitrogens with one attached hydrogen (secondary N) is 1. The molecular formula is C25H28N4O2. The first-order valence-corrected chi connectivity index (χ1v) is 10.8. The standard InChI is InChI=1S/C25H28N4O2/c1-3-18-8-10-20(11-9-18)26-25(30)19-14-16-29(17-15-19)24-13-12-22(27-28-24)21-6-4-5-7-23(21)31-2/h4-13,19H,3,14-17H2,1-2H3,(H,26,30). The molecule has 0 spiro atoms. The average Bonchev–Trinajstić information content (AvgIpc) is 2.84. The average molecular weight is 417 g/mol. The fraction of sp³-hybridized carbons (Fsp3) is 0.320. The molecule has 3 aromatic rings. The molecule has 2 aromatic carbocycles. The lowest BCUT2D eigenvalue weighted by Gasteiger charge is -2.31. The first kappa shape index (κ1) is 20.8. The second-order valence-electron chi connectivity index (χ2n) is 7.78. The number of hydrogen-bond donors (Lipinski definition) is 1. The third-order valence-corrected chi connectivity index (χ3v) is 5.85. The van der Waals surface area contributed by atoms with E-state index in [4.69, 9.17) is 4.74 Å². The summed E-state index contributed by atoms with van der Waals surface area (Å²) in [6.07, 6.45) is 2.60. The molecular weight excluding hydrogens is 388 g/mol. The lowest BCUT2D eigenvalue weighted by molar-refractivity contribution is -0.120. The summed E-state index contributed by atoms with van der Waals surface area (Å²) < 4.78 is 5.42. The number of methoxy groups -OCH3 is 1. The summed E-state index contributed by atoms with van der Waals surface area (Å²) in [5.74, 6) is 1.73. The van der Waals surface area contributed by atoms with Gasteiger partial charge in [0.15, 0.2) is 5.82 Å². The summed E-state index contributed by atoms with van der Waals surface area (Å²) in [5.41, 5.74) is 3.84. The van der Waals surface area contributed by atoms with Gasteiger partial charge in [0.25, 0.3) is 0 Å². The van der Waals surface area contributed by atoms with Crippen molar-refractivity contribution in [1.82, 2.24) is 10.2 Å². The second-order valence-corrected chi connectivity index (χ2v) is 7.78. The van der Waals surface area contributed by atoms with Crippen molar-refractivity contribution in [3.63, 3.8) is 0 Å². The normalized spacial score (nSPS) is 14.3. The van der Waals surface area contributed by atoms with Gasteiger partial charge >= 0.3 is 0 Å². The second kappa shape index (κ2) is 9.60. The topological polar surface area (TPSA) is 67.4 Å². The van der Waals surface area contributed by atoms with Crippen molar-refractivity contribution in [1.29, 1.82) is 0 Å². The Bertz CT molecular complexity index is 1010. The number of carbonyl (C=O) groups is 1. The molecule has 31 heavy (non-hydrogen) atoms. The van der Waals surface area contributed by atoms with Gasteiger partial charge in [-0.3, -0.25) is 4.79 Å². The van der Waals surface area contributed by atoms with Crippen molar-refractivity contribution in [3.05, 3.63) is 66.2 Å². The van der Waals surface area contributed by atoms with Gasteiger partial charge in [-0.15, -0.1) is 10.2 Å².